The van der Waals surface area contributed by atoms with Crippen molar-refractivity contribution in [3.05, 3.63) is 126 Å². The Morgan fingerprint density at radius 1 is 0.949 bits per heavy atom. The molecular weight excluding hydrogens is 493 g/mol. The quantitative estimate of drug-likeness (QED) is 0.184. The number of fused-ring (bicyclic) bond motifs is 1. The molecule has 0 bridgehead atoms. The number of hydrogen-bond donors (Lipinski definition) is 0. The van der Waals surface area contributed by atoms with Crippen LogP contribution in [0.1, 0.15) is 21.5 Å². The van der Waals surface area contributed by atoms with Crippen molar-refractivity contribution in [2.75, 3.05) is 12.0 Å². The van der Waals surface area contributed by atoms with E-state index in [0.29, 0.717) is 22.4 Å². The molecule has 1 amide bonds. The van der Waals surface area contributed by atoms with Gasteiger partial charge in [-0.2, -0.15) is 5.10 Å². The number of anilines is 1. The van der Waals surface area contributed by atoms with E-state index in [-0.39, 0.29) is 12.5 Å². The van der Waals surface area contributed by atoms with Gasteiger partial charge in [-0.15, -0.1) is 0 Å². The normalized spacial score (nSPS) is 11.2. The second kappa shape index (κ2) is 11.1. The zero-order valence-corrected chi connectivity index (χ0v) is 21.5. The van der Waals surface area contributed by atoms with Gasteiger partial charge in [-0.25, -0.2) is 9.18 Å². The molecule has 0 aliphatic heterocycles. The molecule has 5 aromatic rings. The number of halogens is 1. The Bertz CT molecular complexity index is 1690. The molecule has 194 valence electrons. The number of methoxy groups -OCH3 is 1. The zero-order valence-electron chi connectivity index (χ0n) is 21.5. The van der Waals surface area contributed by atoms with Crippen molar-refractivity contribution in [3.8, 4) is 11.1 Å². The number of aromatic nitrogens is 2. The van der Waals surface area contributed by atoms with Gasteiger partial charge >= 0.3 is 5.97 Å². The lowest BCUT2D eigenvalue weighted by Gasteiger charge is -2.24. The third-order valence-corrected chi connectivity index (χ3v) is 6.52. The van der Waals surface area contributed by atoms with Crippen LogP contribution in [0.15, 0.2) is 103 Å². The number of carbonyl (C=O) groups excluding carboxylic acids is 2. The van der Waals surface area contributed by atoms with Crippen LogP contribution in [0.3, 0.4) is 0 Å². The van der Waals surface area contributed by atoms with Gasteiger partial charge in [0, 0.05) is 35.3 Å². The Hall–Kier alpha value is -5.04. The molecular formula is C32H26FN3O3. The Morgan fingerprint density at radius 2 is 1.72 bits per heavy atom. The summed E-state index contributed by atoms with van der Waals surface area (Å²) in [6.45, 7) is 0.0195. The van der Waals surface area contributed by atoms with Crippen LogP contribution in [0, 0.1) is 5.82 Å². The first-order valence-electron chi connectivity index (χ1n) is 12.4. The number of nitrogens with zero attached hydrogens (tertiary/aromatic N) is 3. The summed E-state index contributed by atoms with van der Waals surface area (Å²) < 4.78 is 22.0. The lowest BCUT2D eigenvalue weighted by atomic mass is 10.0. The van der Waals surface area contributed by atoms with E-state index in [2.05, 4.69) is 9.84 Å². The van der Waals surface area contributed by atoms with Gasteiger partial charge in [0.05, 0.1) is 25.4 Å². The highest BCUT2D eigenvalue weighted by Gasteiger charge is 2.20. The number of rotatable bonds is 7. The third-order valence-electron chi connectivity index (χ3n) is 6.52. The highest BCUT2D eigenvalue weighted by atomic mass is 19.1. The average Bonchev–Trinajstić information content (AvgIpc) is 3.35. The minimum absolute atomic E-state index is 0.0195. The summed E-state index contributed by atoms with van der Waals surface area (Å²) in [5.74, 6) is -1.16. The van der Waals surface area contributed by atoms with Crippen molar-refractivity contribution in [2.24, 2.45) is 7.05 Å². The molecule has 39 heavy (non-hydrogen) atoms. The monoisotopic (exact) mass is 519 g/mol. The number of hydrogen-bond acceptors (Lipinski definition) is 4. The molecule has 7 heteroatoms. The molecule has 1 heterocycles. The van der Waals surface area contributed by atoms with Gasteiger partial charge in [0.2, 0.25) is 0 Å². The molecule has 0 N–H and O–H groups in total. The smallest absolute Gasteiger partial charge is 0.330 e. The van der Waals surface area contributed by atoms with Gasteiger partial charge in [-0.3, -0.25) is 9.48 Å². The molecule has 0 saturated carbocycles. The van der Waals surface area contributed by atoms with E-state index in [4.69, 9.17) is 0 Å². The first-order valence-corrected chi connectivity index (χ1v) is 12.4. The van der Waals surface area contributed by atoms with E-state index in [1.165, 1.54) is 24.2 Å². The van der Waals surface area contributed by atoms with Crippen molar-refractivity contribution in [1.29, 1.82) is 0 Å². The lowest BCUT2D eigenvalue weighted by Crippen LogP contribution is -2.30. The number of benzene rings is 4. The second-order valence-corrected chi connectivity index (χ2v) is 9.06. The van der Waals surface area contributed by atoms with Crippen molar-refractivity contribution in [2.45, 2.75) is 6.54 Å². The summed E-state index contributed by atoms with van der Waals surface area (Å²) in [6, 6.07) is 27.0. The summed E-state index contributed by atoms with van der Waals surface area (Å²) >= 11 is 0. The number of aryl methyl sites for hydroxylation is 1. The van der Waals surface area contributed by atoms with Gasteiger partial charge < -0.3 is 9.64 Å². The van der Waals surface area contributed by atoms with Crippen molar-refractivity contribution in [1.82, 2.24) is 9.78 Å². The number of esters is 1. The molecule has 0 aliphatic carbocycles. The summed E-state index contributed by atoms with van der Waals surface area (Å²) in [7, 11) is 3.18. The Morgan fingerprint density at radius 3 is 2.49 bits per heavy atom. The first-order chi connectivity index (χ1) is 18.9. The predicted octanol–water partition coefficient (Wildman–Crippen LogP) is 6.41. The third kappa shape index (κ3) is 5.62. The van der Waals surface area contributed by atoms with E-state index in [9.17, 15) is 9.59 Å². The van der Waals surface area contributed by atoms with Crippen LogP contribution in [-0.2, 0) is 23.1 Å². The van der Waals surface area contributed by atoms with Crippen LogP contribution in [-0.4, -0.2) is 28.8 Å². The van der Waals surface area contributed by atoms with Crippen LogP contribution in [0.2, 0.25) is 0 Å². The fourth-order valence-electron chi connectivity index (χ4n) is 4.41. The molecule has 0 saturated heterocycles. The van der Waals surface area contributed by atoms with Crippen molar-refractivity contribution in [3.63, 3.8) is 0 Å². The maximum Gasteiger partial charge on any atom is 0.330 e. The van der Waals surface area contributed by atoms with Gasteiger partial charge in [0.25, 0.3) is 5.91 Å². The molecule has 0 aliphatic rings. The fraction of sp³-hybridized carbons (Fsp3) is 0.0938. The van der Waals surface area contributed by atoms with Gasteiger partial charge in [-0.05, 0) is 65.2 Å². The van der Waals surface area contributed by atoms with Crippen molar-refractivity contribution >= 4 is 34.5 Å². The summed E-state index contributed by atoms with van der Waals surface area (Å²) in [4.78, 5) is 26.7. The molecule has 0 fully saturated rings. The Balaban J connectivity index is 1.48. The van der Waals surface area contributed by atoms with E-state index in [1.807, 2.05) is 43.4 Å². The molecule has 0 atom stereocenters. The van der Waals surface area contributed by atoms with Crippen LogP contribution in [0.4, 0.5) is 10.1 Å². The average molecular weight is 520 g/mol. The van der Waals surface area contributed by atoms with Gasteiger partial charge in [0.15, 0.2) is 0 Å². The Kier molecular flexibility index (Phi) is 7.32. The van der Waals surface area contributed by atoms with E-state index in [1.54, 1.807) is 65.5 Å². The van der Waals surface area contributed by atoms with E-state index < -0.39 is 11.8 Å². The maximum absolute atomic E-state index is 15.5. The second-order valence-electron chi connectivity index (χ2n) is 9.06. The van der Waals surface area contributed by atoms with Crippen LogP contribution in [0.5, 0.6) is 0 Å². The Labute approximate surface area is 225 Å². The molecule has 0 radical (unpaired) electrons. The summed E-state index contributed by atoms with van der Waals surface area (Å²) in [5, 5.41) is 5.25. The molecule has 0 unspecified atom stereocenters. The SMILES string of the molecule is COC(=O)/C=C/c1cccc(N(Cc2ccc(-c3ccc4c(cnn4C)c3)cc2F)C(=O)c2ccccc2)c1. The standard InChI is InChI=1S/C32H26FN3O3/c1-35-30-15-14-24(18-27(30)20-34-35)25-12-13-26(29(33)19-25)21-36(32(38)23-8-4-3-5-9-23)28-10-6-7-22(17-28)11-16-31(37)39-2/h3-20H,21H2,1-2H3/b16-11+. The fourth-order valence-corrected chi connectivity index (χ4v) is 4.41. The number of amides is 1. The lowest BCUT2D eigenvalue weighted by molar-refractivity contribution is -0.134. The molecule has 5 rings (SSSR count). The van der Waals surface area contributed by atoms with Crippen LogP contribution in [0.25, 0.3) is 28.1 Å². The highest BCUT2D eigenvalue weighted by Crippen LogP contribution is 2.28. The largest absolute Gasteiger partial charge is 0.466 e. The maximum atomic E-state index is 15.5. The molecule has 0 spiro atoms. The van der Waals surface area contributed by atoms with E-state index in [0.717, 1.165) is 22.0 Å². The predicted molar refractivity (Wildman–Crippen MR) is 151 cm³/mol. The molecule has 1 aromatic heterocycles. The topological polar surface area (TPSA) is 64.4 Å². The summed E-state index contributed by atoms with van der Waals surface area (Å²) in [5.41, 5.74) is 4.73. The first kappa shape index (κ1) is 25.6. The highest BCUT2D eigenvalue weighted by molar-refractivity contribution is 6.06. The van der Waals surface area contributed by atoms with Gasteiger partial charge in [-0.1, -0.05) is 48.5 Å². The van der Waals surface area contributed by atoms with Crippen LogP contribution >= 0.6 is 0 Å². The van der Waals surface area contributed by atoms with Crippen LogP contribution < -0.4 is 4.90 Å². The van der Waals surface area contributed by atoms with Gasteiger partial charge in [0.1, 0.15) is 5.82 Å². The zero-order chi connectivity index (χ0) is 27.4. The van der Waals surface area contributed by atoms with Crippen molar-refractivity contribution < 1.29 is 18.7 Å². The summed E-state index contributed by atoms with van der Waals surface area (Å²) in [6.07, 6.45) is 4.70. The minimum Gasteiger partial charge on any atom is -0.466 e. The molecule has 4 aromatic carbocycles. The minimum atomic E-state index is -0.484. The molecule has 6 nitrogen and oxygen atoms in total. The number of ether oxygens (including phenoxy) is 1. The number of carbonyl (C=O) groups is 2. The van der Waals surface area contributed by atoms with E-state index >= 15 is 4.39 Å².